The fourth-order valence-corrected chi connectivity index (χ4v) is 3.30. The molecule has 2 fully saturated rings. The number of piperazine rings is 1. The molecular formula is C18H23ClN2O4. The van der Waals surface area contributed by atoms with Gasteiger partial charge in [-0.1, -0.05) is 17.7 Å². The predicted molar refractivity (Wildman–Crippen MR) is 94.8 cm³/mol. The molecule has 1 aromatic rings. The van der Waals surface area contributed by atoms with E-state index in [4.69, 9.17) is 21.1 Å². The average molecular weight is 367 g/mol. The quantitative estimate of drug-likeness (QED) is 0.800. The third-order valence-corrected chi connectivity index (χ3v) is 4.73. The lowest BCUT2D eigenvalue weighted by Gasteiger charge is -2.34. The Bertz CT molecular complexity index is 619. The maximum absolute atomic E-state index is 12.4. The lowest BCUT2D eigenvalue weighted by Crippen LogP contribution is -2.53. The number of benzene rings is 1. The summed E-state index contributed by atoms with van der Waals surface area (Å²) < 4.78 is 11.1. The van der Waals surface area contributed by atoms with Crippen LogP contribution < -0.4 is 4.90 Å². The number of hydrogen-bond acceptors (Lipinski definition) is 4. The highest BCUT2D eigenvalue weighted by atomic mass is 35.5. The second-order valence-electron chi connectivity index (χ2n) is 6.34. The molecule has 2 aliphatic heterocycles. The van der Waals surface area contributed by atoms with Crippen LogP contribution in [0.2, 0.25) is 5.02 Å². The van der Waals surface area contributed by atoms with Crippen molar-refractivity contribution < 1.29 is 19.1 Å². The minimum Gasteiger partial charge on any atom is -0.376 e. The molecular weight excluding hydrogens is 344 g/mol. The smallest absolute Gasteiger partial charge is 0.249 e. The molecule has 2 aliphatic rings. The van der Waals surface area contributed by atoms with E-state index in [1.165, 1.54) is 0 Å². The summed E-state index contributed by atoms with van der Waals surface area (Å²) in [4.78, 5) is 27.8. The topological polar surface area (TPSA) is 59.1 Å². The number of rotatable bonds is 5. The fourth-order valence-electron chi connectivity index (χ4n) is 3.11. The van der Waals surface area contributed by atoms with Crippen LogP contribution in [-0.4, -0.2) is 62.3 Å². The molecule has 1 aromatic carbocycles. The van der Waals surface area contributed by atoms with Crippen LogP contribution in [0.25, 0.3) is 0 Å². The van der Waals surface area contributed by atoms with Gasteiger partial charge in [-0.25, -0.2) is 0 Å². The van der Waals surface area contributed by atoms with Gasteiger partial charge in [-0.3, -0.25) is 9.59 Å². The highest BCUT2D eigenvalue weighted by Crippen LogP contribution is 2.21. The van der Waals surface area contributed by atoms with Gasteiger partial charge in [0, 0.05) is 30.4 Å². The molecule has 0 spiro atoms. The summed E-state index contributed by atoms with van der Waals surface area (Å²) in [6.07, 6.45) is 3.30. The van der Waals surface area contributed by atoms with Gasteiger partial charge in [-0.05, 0) is 37.5 Å². The van der Waals surface area contributed by atoms with Gasteiger partial charge in [0.2, 0.25) is 11.8 Å². The summed E-state index contributed by atoms with van der Waals surface area (Å²) in [6.45, 7) is 2.19. The molecule has 0 N–H and O–H groups in total. The van der Waals surface area contributed by atoms with Gasteiger partial charge in [-0.15, -0.1) is 0 Å². The van der Waals surface area contributed by atoms with Crippen molar-refractivity contribution in [3.63, 3.8) is 0 Å². The van der Waals surface area contributed by atoms with Crippen molar-refractivity contribution in [2.24, 2.45) is 0 Å². The monoisotopic (exact) mass is 366 g/mol. The van der Waals surface area contributed by atoms with Crippen LogP contribution in [0.5, 0.6) is 0 Å². The van der Waals surface area contributed by atoms with Crippen LogP contribution >= 0.6 is 11.6 Å². The van der Waals surface area contributed by atoms with Crippen LogP contribution in [-0.2, 0) is 19.1 Å². The van der Waals surface area contributed by atoms with E-state index in [0.29, 0.717) is 24.7 Å². The molecule has 0 bridgehead atoms. The first-order chi connectivity index (χ1) is 12.1. The van der Waals surface area contributed by atoms with Crippen molar-refractivity contribution in [1.82, 2.24) is 4.90 Å². The van der Waals surface area contributed by atoms with Gasteiger partial charge in [0.05, 0.1) is 12.7 Å². The predicted octanol–water partition coefficient (Wildman–Crippen LogP) is 2.10. The Kier molecular flexibility index (Phi) is 6.29. The van der Waals surface area contributed by atoms with E-state index in [1.807, 2.05) is 12.1 Å². The molecule has 2 saturated heterocycles. The number of amides is 2. The van der Waals surface area contributed by atoms with Gasteiger partial charge in [0.1, 0.15) is 13.2 Å². The second kappa shape index (κ2) is 8.65. The summed E-state index contributed by atoms with van der Waals surface area (Å²) in [5, 5.41) is 0.585. The maximum atomic E-state index is 12.4. The standard InChI is InChI=1S/C18H23ClN2O4/c19-14-4-3-5-15(10-14)21-8-7-20(11-17(21)22)18(23)13-24-12-16-6-1-2-9-25-16/h3-5,10,16H,1-2,6-9,11-13H2/t16-/m1/s1. The Hall–Kier alpha value is -1.63. The van der Waals surface area contributed by atoms with Crippen molar-refractivity contribution in [1.29, 1.82) is 0 Å². The van der Waals surface area contributed by atoms with E-state index in [9.17, 15) is 9.59 Å². The highest BCUT2D eigenvalue weighted by Gasteiger charge is 2.28. The number of nitrogens with zero attached hydrogens (tertiary/aromatic N) is 2. The highest BCUT2D eigenvalue weighted by molar-refractivity contribution is 6.30. The molecule has 0 aromatic heterocycles. The van der Waals surface area contributed by atoms with E-state index in [2.05, 4.69) is 0 Å². The third-order valence-electron chi connectivity index (χ3n) is 4.50. The fraction of sp³-hybridized carbons (Fsp3) is 0.556. The minimum absolute atomic E-state index is 0.00962. The average Bonchev–Trinajstić information content (AvgIpc) is 2.62. The van der Waals surface area contributed by atoms with Crippen molar-refractivity contribution in [2.75, 3.05) is 44.4 Å². The molecule has 0 radical (unpaired) electrons. The summed E-state index contributed by atoms with van der Waals surface area (Å²) >= 11 is 5.98. The normalized spacial score (nSPS) is 21.5. The zero-order valence-electron chi connectivity index (χ0n) is 14.2. The van der Waals surface area contributed by atoms with E-state index in [0.717, 1.165) is 31.6 Å². The molecule has 7 heteroatoms. The van der Waals surface area contributed by atoms with Crippen LogP contribution in [0.3, 0.4) is 0 Å². The first-order valence-electron chi connectivity index (χ1n) is 8.66. The van der Waals surface area contributed by atoms with Crippen molar-refractivity contribution >= 4 is 29.1 Å². The summed E-state index contributed by atoms with van der Waals surface area (Å²) in [6, 6.07) is 7.17. The number of hydrogen-bond donors (Lipinski definition) is 0. The van der Waals surface area contributed by atoms with E-state index >= 15 is 0 Å². The Morgan fingerprint density at radius 3 is 2.92 bits per heavy atom. The van der Waals surface area contributed by atoms with Gasteiger partial charge in [0.15, 0.2) is 0 Å². The Balaban J connectivity index is 1.45. The van der Waals surface area contributed by atoms with Gasteiger partial charge >= 0.3 is 0 Å². The zero-order valence-corrected chi connectivity index (χ0v) is 14.9. The van der Waals surface area contributed by atoms with Crippen molar-refractivity contribution in [3.8, 4) is 0 Å². The molecule has 6 nitrogen and oxygen atoms in total. The second-order valence-corrected chi connectivity index (χ2v) is 6.78. The molecule has 2 heterocycles. The summed E-state index contributed by atoms with van der Waals surface area (Å²) in [5.74, 6) is -0.271. The number of anilines is 1. The van der Waals surface area contributed by atoms with Crippen molar-refractivity contribution in [3.05, 3.63) is 29.3 Å². The van der Waals surface area contributed by atoms with Crippen LogP contribution in [0, 0.1) is 0 Å². The summed E-state index contributed by atoms with van der Waals surface area (Å²) in [7, 11) is 0. The number of carbonyl (C=O) groups excluding carboxylic acids is 2. The first-order valence-corrected chi connectivity index (χ1v) is 9.04. The Labute approximate surface area is 152 Å². The van der Waals surface area contributed by atoms with Crippen LogP contribution in [0.1, 0.15) is 19.3 Å². The number of halogens is 1. The van der Waals surface area contributed by atoms with Crippen LogP contribution in [0.4, 0.5) is 5.69 Å². The van der Waals surface area contributed by atoms with E-state index in [-0.39, 0.29) is 31.1 Å². The summed E-state index contributed by atoms with van der Waals surface area (Å²) in [5.41, 5.74) is 0.760. The van der Waals surface area contributed by atoms with Gasteiger partial charge in [0.25, 0.3) is 0 Å². The zero-order chi connectivity index (χ0) is 17.6. The van der Waals surface area contributed by atoms with Gasteiger partial charge < -0.3 is 19.3 Å². The van der Waals surface area contributed by atoms with E-state index < -0.39 is 0 Å². The lowest BCUT2D eigenvalue weighted by atomic mass is 10.1. The SMILES string of the molecule is O=C(COC[C@H]1CCCCO1)N1CCN(c2cccc(Cl)c2)C(=O)C1. The van der Waals surface area contributed by atoms with Crippen LogP contribution in [0.15, 0.2) is 24.3 Å². The number of carbonyl (C=O) groups is 2. The largest absolute Gasteiger partial charge is 0.376 e. The molecule has 0 aliphatic carbocycles. The van der Waals surface area contributed by atoms with Crippen molar-refractivity contribution in [2.45, 2.75) is 25.4 Å². The molecule has 25 heavy (non-hydrogen) atoms. The Morgan fingerprint density at radius 2 is 2.20 bits per heavy atom. The Morgan fingerprint density at radius 1 is 1.32 bits per heavy atom. The molecule has 0 saturated carbocycles. The minimum atomic E-state index is -0.157. The lowest BCUT2D eigenvalue weighted by molar-refractivity contribution is -0.142. The van der Waals surface area contributed by atoms with Gasteiger partial charge in [-0.2, -0.15) is 0 Å². The molecule has 1 atom stereocenters. The van der Waals surface area contributed by atoms with E-state index in [1.54, 1.807) is 21.9 Å². The first kappa shape index (κ1) is 18.2. The molecule has 136 valence electrons. The third kappa shape index (κ3) is 4.93. The maximum Gasteiger partial charge on any atom is 0.249 e. The molecule has 2 amide bonds. The molecule has 0 unspecified atom stereocenters. The number of ether oxygens (including phenoxy) is 2. The molecule has 3 rings (SSSR count).